The molecule has 0 saturated carbocycles. The van der Waals surface area contributed by atoms with Crippen molar-refractivity contribution in [1.29, 1.82) is 0 Å². The Balaban J connectivity index is 1.03. The Bertz CT molecular complexity index is 3800. The van der Waals surface area contributed by atoms with Gasteiger partial charge in [-0.2, -0.15) is 0 Å². The molecule has 0 spiro atoms. The summed E-state index contributed by atoms with van der Waals surface area (Å²) in [5.41, 5.74) is 10.9. The van der Waals surface area contributed by atoms with Gasteiger partial charge in [-0.3, -0.25) is 0 Å². The number of rotatable bonds is 3. The SMILES string of the molecule is c1ccc2c(-c3c4ccccc4c(-c4ccc(-c5ccc6oc7c(ccc8ccc9c%10ccccc%10oc9c87)c6c5)c5ccccc45)c4ccccc34)cccc2c1. The van der Waals surface area contributed by atoms with Crippen LogP contribution in [0.2, 0.25) is 0 Å². The van der Waals surface area contributed by atoms with Crippen LogP contribution in [0.5, 0.6) is 0 Å². The summed E-state index contributed by atoms with van der Waals surface area (Å²) in [6.45, 7) is 0. The van der Waals surface area contributed by atoms with E-state index in [2.05, 4.69) is 182 Å². The number of hydrogen-bond donors (Lipinski definition) is 0. The molecule has 0 bridgehead atoms. The molecular weight excluding hydrogens is 705 g/mol. The summed E-state index contributed by atoms with van der Waals surface area (Å²) in [6, 6.07) is 70.4. The van der Waals surface area contributed by atoms with Crippen LogP contribution in [-0.4, -0.2) is 0 Å². The van der Waals surface area contributed by atoms with Gasteiger partial charge in [-0.1, -0.05) is 164 Å². The standard InChI is InChI=1S/C56H32O2/c1-2-14-36-33(12-1)13-11-22-41(36)53-42-18-5-7-20-44(42)54(45-21-8-6-19-43(45)53)46-30-29-37(38-15-3-4-16-39(38)46)35-26-31-51-49(32-35)48-28-25-34-24-27-47-40-17-9-10-23-50(40)57-55(47)52(34)56(48)58-51/h1-32H. The lowest BCUT2D eigenvalue weighted by atomic mass is 9.83. The molecule has 11 aromatic carbocycles. The van der Waals surface area contributed by atoms with Crippen LogP contribution in [0.25, 0.3) is 131 Å². The Kier molecular flexibility index (Phi) is 6.47. The van der Waals surface area contributed by atoms with Gasteiger partial charge < -0.3 is 8.83 Å². The molecule has 2 nitrogen and oxygen atoms in total. The summed E-state index contributed by atoms with van der Waals surface area (Å²) in [6.07, 6.45) is 0. The van der Waals surface area contributed by atoms with Crippen molar-refractivity contribution in [3.63, 3.8) is 0 Å². The van der Waals surface area contributed by atoms with E-state index in [9.17, 15) is 0 Å². The molecule has 2 heteroatoms. The predicted molar refractivity (Wildman–Crippen MR) is 245 cm³/mol. The highest BCUT2D eigenvalue weighted by Crippen LogP contribution is 2.48. The van der Waals surface area contributed by atoms with Crippen molar-refractivity contribution in [3.05, 3.63) is 194 Å². The van der Waals surface area contributed by atoms with Crippen molar-refractivity contribution in [1.82, 2.24) is 0 Å². The zero-order chi connectivity index (χ0) is 37.9. The van der Waals surface area contributed by atoms with Crippen LogP contribution in [0.15, 0.2) is 203 Å². The highest BCUT2D eigenvalue weighted by molar-refractivity contribution is 6.27. The zero-order valence-corrected chi connectivity index (χ0v) is 31.3. The maximum Gasteiger partial charge on any atom is 0.147 e. The second-order valence-electron chi connectivity index (χ2n) is 15.5. The third-order valence-corrected chi connectivity index (χ3v) is 12.5. The second-order valence-corrected chi connectivity index (χ2v) is 15.5. The lowest BCUT2D eigenvalue weighted by Gasteiger charge is -2.20. The summed E-state index contributed by atoms with van der Waals surface area (Å²) >= 11 is 0. The van der Waals surface area contributed by atoms with Crippen LogP contribution >= 0.6 is 0 Å². The van der Waals surface area contributed by atoms with E-state index in [0.29, 0.717) is 0 Å². The van der Waals surface area contributed by atoms with Crippen molar-refractivity contribution in [3.8, 4) is 33.4 Å². The fraction of sp³-hybridized carbons (Fsp3) is 0. The molecule has 0 unspecified atom stereocenters. The van der Waals surface area contributed by atoms with Crippen molar-refractivity contribution in [2.24, 2.45) is 0 Å². The third-order valence-electron chi connectivity index (χ3n) is 12.5. The largest absolute Gasteiger partial charge is 0.455 e. The fourth-order valence-electron chi connectivity index (χ4n) is 9.91. The molecule has 0 amide bonds. The van der Waals surface area contributed by atoms with Crippen molar-refractivity contribution in [2.45, 2.75) is 0 Å². The van der Waals surface area contributed by atoms with Gasteiger partial charge in [-0.25, -0.2) is 0 Å². The van der Waals surface area contributed by atoms with Gasteiger partial charge in [-0.15, -0.1) is 0 Å². The molecule has 0 aliphatic carbocycles. The van der Waals surface area contributed by atoms with Crippen LogP contribution in [0, 0.1) is 0 Å². The number of hydrogen-bond acceptors (Lipinski definition) is 2. The Labute approximate surface area is 332 Å². The summed E-state index contributed by atoms with van der Waals surface area (Å²) in [7, 11) is 0. The van der Waals surface area contributed by atoms with Crippen molar-refractivity contribution in [2.75, 3.05) is 0 Å². The molecule has 13 aromatic rings. The van der Waals surface area contributed by atoms with Gasteiger partial charge in [0, 0.05) is 21.5 Å². The van der Waals surface area contributed by atoms with E-state index in [1.165, 1.54) is 70.9 Å². The van der Waals surface area contributed by atoms with Gasteiger partial charge in [0.15, 0.2) is 0 Å². The van der Waals surface area contributed by atoms with E-state index in [1.807, 2.05) is 12.1 Å². The quantitative estimate of drug-likeness (QED) is 0.169. The molecule has 268 valence electrons. The molecule has 0 fully saturated rings. The van der Waals surface area contributed by atoms with Crippen LogP contribution < -0.4 is 0 Å². The third kappa shape index (κ3) is 4.37. The maximum absolute atomic E-state index is 6.71. The number of fused-ring (bicyclic) bond motifs is 13. The van der Waals surface area contributed by atoms with E-state index in [0.717, 1.165) is 60.2 Å². The highest BCUT2D eigenvalue weighted by Gasteiger charge is 2.21. The molecule has 0 aliphatic rings. The molecule has 0 saturated heterocycles. The molecular formula is C56H32O2. The van der Waals surface area contributed by atoms with Gasteiger partial charge in [0.05, 0.1) is 5.39 Å². The maximum atomic E-state index is 6.71. The van der Waals surface area contributed by atoms with Crippen LogP contribution in [0.4, 0.5) is 0 Å². The molecule has 0 radical (unpaired) electrons. The number of furan rings is 2. The fourth-order valence-corrected chi connectivity index (χ4v) is 9.91. The average Bonchev–Trinajstić information content (AvgIpc) is 3.86. The zero-order valence-electron chi connectivity index (χ0n) is 31.3. The topological polar surface area (TPSA) is 26.3 Å². The van der Waals surface area contributed by atoms with Crippen LogP contribution in [0.1, 0.15) is 0 Å². The van der Waals surface area contributed by atoms with E-state index < -0.39 is 0 Å². The van der Waals surface area contributed by atoms with Crippen molar-refractivity contribution >= 4 is 97.7 Å². The number of benzene rings is 11. The summed E-state index contributed by atoms with van der Waals surface area (Å²) in [5.74, 6) is 0. The van der Waals surface area contributed by atoms with Gasteiger partial charge in [0.25, 0.3) is 0 Å². The van der Waals surface area contributed by atoms with Gasteiger partial charge in [-0.05, 0) is 112 Å². The minimum absolute atomic E-state index is 0.861. The summed E-state index contributed by atoms with van der Waals surface area (Å²) in [4.78, 5) is 0. The Hall–Kier alpha value is -7.68. The molecule has 0 N–H and O–H groups in total. The minimum Gasteiger partial charge on any atom is -0.455 e. The normalized spacial score (nSPS) is 12.1. The van der Waals surface area contributed by atoms with Crippen LogP contribution in [-0.2, 0) is 0 Å². The van der Waals surface area contributed by atoms with Gasteiger partial charge >= 0.3 is 0 Å². The molecule has 58 heavy (non-hydrogen) atoms. The van der Waals surface area contributed by atoms with Crippen molar-refractivity contribution < 1.29 is 8.83 Å². The number of para-hydroxylation sites is 1. The summed E-state index contributed by atoms with van der Waals surface area (Å²) < 4.78 is 13.2. The average molecular weight is 737 g/mol. The first-order chi connectivity index (χ1) is 28.8. The lowest BCUT2D eigenvalue weighted by Crippen LogP contribution is -1.93. The lowest BCUT2D eigenvalue weighted by molar-refractivity contribution is 0.663. The van der Waals surface area contributed by atoms with E-state index >= 15 is 0 Å². The first-order valence-electron chi connectivity index (χ1n) is 19.9. The molecule has 13 rings (SSSR count). The van der Waals surface area contributed by atoms with E-state index in [1.54, 1.807) is 0 Å². The molecule has 0 aliphatic heterocycles. The Morgan fingerprint density at radius 3 is 1.41 bits per heavy atom. The van der Waals surface area contributed by atoms with Gasteiger partial charge in [0.1, 0.15) is 22.3 Å². The smallest absolute Gasteiger partial charge is 0.147 e. The predicted octanol–water partition coefficient (Wildman–Crippen LogP) is 16.3. The highest BCUT2D eigenvalue weighted by atomic mass is 16.3. The Morgan fingerprint density at radius 2 is 0.741 bits per heavy atom. The van der Waals surface area contributed by atoms with E-state index in [-0.39, 0.29) is 0 Å². The van der Waals surface area contributed by atoms with Gasteiger partial charge in [0.2, 0.25) is 0 Å². The molecule has 0 atom stereocenters. The summed E-state index contributed by atoms with van der Waals surface area (Å²) in [5, 5.41) is 16.5. The molecule has 2 aromatic heterocycles. The van der Waals surface area contributed by atoms with Crippen LogP contribution in [0.3, 0.4) is 0 Å². The first kappa shape index (κ1) is 31.5. The minimum atomic E-state index is 0.861. The Morgan fingerprint density at radius 1 is 0.259 bits per heavy atom. The molecule has 2 heterocycles. The monoisotopic (exact) mass is 736 g/mol. The van der Waals surface area contributed by atoms with E-state index in [4.69, 9.17) is 8.83 Å². The first-order valence-corrected chi connectivity index (χ1v) is 19.9. The second kappa shape index (κ2) is 11.9.